The SMILES string of the molecule is COc1cc(C)c2c3c1O[C@H]1C[C@@H](O)C=C[C@@]31CCCN(C)C2. The largest absolute Gasteiger partial charge is 0.493 e. The summed E-state index contributed by atoms with van der Waals surface area (Å²) in [5.74, 6) is 1.72. The van der Waals surface area contributed by atoms with Crippen molar-refractivity contribution in [2.24, 2.45) is 0 Å². The molecule has 1 aliphatic carbocycles. The van der Waals surface area contributed by atoms with Gasteiger partial charge < -0.3 is 19.5 Å². The van der Waals surface area contributed by atoms with Gasteiger partial charge in [-0.15, -0.1) is 0 Å². The Morgan fingerprint density at radius 2 is 2.26 bits per heavy atom. The first-order chi connectivity index (χ1) is 11.0. The summed E-state index contributed by atoms with van der Waals surface area (Å²) in [6.45, 7) is 4.19. The van der Waals surface area contributed by atoms with Gasteiger partial charge in [-0.25, -0.2) is 0 Å². The first kappa shape index (κ1) is 15.0. The molecule has 4 heteroatoms. The third-order valence-corrected chi connectivity index (χ3v) is 5.73. The Labute approximate surface area is 137 Å². The van der Waals surface area contributed by atoms with Crippen molar-refractivity contribution < 1.29 is 14.6 Å². The molecular formula is C19H25NO3. The lowest BCUT2D eigenvalue weighted by Crippen LogP contribution is -2.43. The van der Waals surface area contributed by atoms with Crippen molar-refractivity contribution in [3.05, 3.63) is 34.9 Å². The number of ether oxygens (including phenoxy) is 2. The van der Waals surface area contributed by atoms with Crippen LogP contribution in [0, 0.1) is 6.92 Å². The van der Waals surface area contributed by atoms with E-state index in [4.69, 9.17) is 9.47 Å². The number of aliphatic hydroxyl groups excluding tert-OH is 1. The molecule has 23 heavy (non-hydrogen) atoms. The number of rotatable bonds is 1. The van der Waals surface area contributed by atoms with Crippen molar-refractivity contribution in [1.29, 1.82) is 0 Å². The molecule has 4 nitrogen and oxygen atoms in total. The zero-order valence-electron chi connectivity index (χ0n) is 14.1. The Kier molecular flexibility index (Phi) is 3.43. The normalized spacial score (nSPS) is 32.5. The zero-order chi connectivity index (χ0) is 16.2. The fourth-order valence-corrected chi connectivity index (χ4v) is 4.57. The number of aryl methyl sites for hydroxylation is 1. The summed E-state index contributed by atoms with van der Waals surface area (Å²) in [5.41, 5.74) is 3.82. The summed E-state index contributed by atoms with van der Waals surface area (Å²) in [7, 11) is 3.89. The van der Waals surface area contributed by atoms with Crippen molar-refractivity contribution in [2.45, 2.75) is 50.4 Å². The summed E-state index contributed by atoms with van der Waals surface area (Å²) in [6.07, 6.45) is 6.61. The molecule has 0 bridgehead atoms. The molecule has 0 unspecified atom stereocenters. The Hall–Kier alpha value is -1.52. The van der Waals surface area contributed by atoms with Crippen molar-refractivity contribution in [1.82, 2.24) is 4.90 Å². The van der Waals surface area contributed by atoms with E-state index in [0.29, 0.717) is 6.42 Å². The standard InChI is InChI=1S/C19H25NO3/c1-12-9-15(22-3)18-17-14(12)11-20(2)8-4-6-19(17)7-5-13(21)10-16(19)23-18/h5,7,9,13,16,21H,4,6,8,10-11H2,1-3H3/t13-,16-,19+/m0/s1. The molecule has 1 aromatic carbocycles. The minimum Gasteiger partial charge on any atom is -0.493 e. The second-order valence-corrected chi connectivity index (χ2v) is 7.23. The Balaban J connectivity index is 1.98. The van der Waals surface area contributed by atoms with E-state index in [9.17, 15) is 5.11 Å². The summed E-state index contributed by atoms with van der Waals surface area (Å²) >= 11 is 0. The van der Waals surface area contributed by atoms with Gasteiger partial charge in [0.25, 0.3) is 0 Å². The van der Waals surface area contributed by atoms with Crippen molar-refractivity contribution in [3.8, 4) is 11.5 Å². The second kappa shape index (κ2) is 5.25. The number of aliphatic hydroxyl groups is 1. The van der Waals surface area contributed by atoms with Crippen LogP contribution >= 0.6 is 0 Å². The highest BCUT2D eigenvalue weighted by Crippen LogP contribution is 2.56. The Morgan fingerprint density at radius 3 is 3.04 bits per heavy atom. The van der Waals surface area contributed by atoms with Crippen LogP contribution in [0.4, 0.5) is 0 Å². The van der Waals surface area contributed by atoms with Crippen molar-refractivity contribution in [3.63, 3.8) is 0 Å². The average molecular weight is 315 g/mol. The number of benzene rings is 1. The molecule has 2 heterocycles. The molecule has 0 aromatic heterocycles. The first-order valence-corrected chi connectivity index (χ1v) is 8.49. The van der Waals surface area contributed by atoms with E-state index >= 15 is 0 Å². The molecule has 0 saturated carbocycles. The number of nitrogens with zero attached hydrogens (tertiary/aromatic N) is 1. The Bertz CT molecular complexity index is 669. The van der Waals surface area contributed by atoms with Crippen molar-refractivity contribution in [2.75, 3.05) is 20.7 Å². The van der Waals surface area contributed by atoms with Gasteiger partial charge in [-0.3, -0.25) is 0 Å². The van der Waals surface area contributed by atoms with Crippen LogP contribution in [0.5, 0.6) is 11.5 Å². The minimum atomic E-state index is -0.413. The van der Waals surface area contributed by atoms with Crippen LogP contribution < -0.4 is 9.47 Å². The number of methoxy groups -OCH3 is 1. The highest BCUT2D eigenvalue weighted by molar-refractivity contribution is 5.63. The van der Waals surface area contributed by atoms with Crippen LogP contribution in [0.2, 0.25) is 0 Å². The van der Waals surface area contributed by atoms with E-state index in [-0.39, 0.29) is 11.5 Å². The first-order valence-electron chi connectivity index (χ1n) is 8.49. The van der Waals surface area contributed by atoms with Crippen LogP contribution in [0.3, 0.4) is 0 Å². The summed E-state index contributed by atoms with van der Waals surface area (Å²) in [4.78, 5) is 2.39. The van der Waals surface area contributed by atoms with E-state index in [0.717, 1.165) is 37.4 Å². The van der Waals surface area contributed by atoms with E-state index < -0.39 is 6.10 Å². The van der Waals surface area contributed by atoms with E-state index in [1.165, 1.54) is 16.7 Å². The fraction of sp³-hybridized carbons (Fsp3) is 0.579. The maximum atomic E-state index is 10.1. The van der Waals surface area contributed by atoms with Gasteiger partial charge in [-0.2, -0.15) is 0 Å². The minimum absolute atomic E-state index is 0.00959. The fourth-order valence-electron chi connectivity index (χ4n) is 4.57. The highest BCUT2D eigenvalue weighted by atomic mass is 16.5. The van der Waals surface area contributed by atoms with Crippen LogP contribution in [0.25, 0.3) is 0 Å². The quantitative estimate of drug-likeness (QED) is 0.809. The highest BCUT2D eigenvalue weighted by Gasteiger charge is 2.52. The predicted molar refractivity (Wildman–Crippen MR) is 89.2 cm³/mol. The second-order valence-electron chi connectivity index (χ2n) is 7.23. The lowest BCUT2D eigenvalue weighted by atomic mass is 9.67. The maximum Gasteiger partial charge on any atom is 0.166 e. The smallest absolute Gasteiger partial charge is 0.166 e. The number of hydrogen-bond donors (Lipinski definition) is 1. The molecule has 3 aliphatic rings. The topological polar surface area (TPSA) is 41.9 Å². The van der Waals surface area contributed by atoms with Crippen LogP contribution in [0.15, 0.2) is 18.2 Å². The van der Waals surface area contributed by atoms with Crippen molar-refractivity contribution >= 4 is 0 Å². The van der Waals surface area contributed by atoms with Crippen LogP contribution in [-0.4, -0.2) is 42.9 Å². The van der Waals surface area contributed by atoms with Gasteiger partial charge in [-0.1, -0.05) is 12.2 Å². The van der Waals surface area contributed by atoms with Gasteiger partial charge in [0, 0.05) is 18.5 Å². The molecule has 0 amide bonds. The third kappa shape index (κ3) is 2.12. The lowest BCUT2D eigenvalue weighted by Gasteiger charge is -2.39. The summed E-state index contributed by atoms with van der Waals surface area (Å²) in [6, 6.07) is 2.09. The van der Waals surface area contributed by atoms with E-state index in [1.807, 2.05) is 6.08 Å². The molecule has 4 rings (SSSR count). The van der Waals surface area contributed by atoms with Gasteiger partial charge in [0.05, 0.1) is 18.6 Å². The molecule has 1 N–H and O–H groups in total. The third-order valence-electron chi connectivity index (χ3n) is 5.73. The van der Waals surface area contributed by atoms with Gasteiger partial charge >= 0.3 is 0 Å². The average Bonchev–Trinajstić information content (AvgIpc) is 2.82. The maximum absolute atomic E-state index is 10.1. The molecule has 2 aliphatic heterocycles. The molecule has 0 saturated heterocycles. The lowest BCUT2D eigenvalue weighted by molar-refractivity contribution is 0.0817. The molecule has 3 atom stereocenters. The zero-order valence-corrected chi connectivity index (χ0v) is 14.1. The van der Waals surface area contributed by atoms with Gasteiger partial charge in [0.15, 0.2) is 11.5 Å². The number of hydrogen-bond acceptors (Lipinski definition) is 4. The summed E-state index contributed by atoms with van der Waals surface area (Å²) < 4.78 is 12.0. The van der Waals surface area contributed by atoms with E-state index in [2.05, 4.69) is 31.0 Å². The van der Waals surface area contributed by atoms with Gasteiger partial charge in [0.1, 0.15) is 6.10 Å². The molecule has 124 valence electrons. The van der Waals surface area contributed by atoms with Crippen LogP contribution in [0.1, 0.15) is 36.0 Å². The van der Waals surface area contributed by atoms with Gasteiger partial charge in [0.2, 0.25) is 0 Å². The molecule has 0 radical (unpaired) electrons. The van der Waals surface area contributed by atoms with E-state index in [1.54, 1.807) is 7.11 Å². The predicted octanol–water partition coefficient (Wildman–Crippen LogP) is 2.55. The monoisotopic (exact) mass is 315 g/mol. The Morgan fingerprint density at radius 1 is 1.43 bits per heavy atom. The van der Waals surface area contributed by atoms with Crippen LogP contribution in [-0.2, 0) is 12.0 Å². The molecule has 0 fully saturated rings. The summed E-state index contributed by atoms with van der Waals surface area (Å²) in [5, 5.41) is 10.1. The molecule has 1 spiro atoms. The molecular weight excluding hydrogens is 290 g/mol. The van der Waals surface area contributed by atoms with Gasteiger partial charge in [-0.05, 0) is 50.6 Å². The molecule has 1 aromatic rings.